The van der Waals surface area contributed by atoms with Gasteiger partial charge >= 0.3 is 0 Å². The number of nitrogens with zero attached hydrogens (tertiary/aromatic N) is 1. The first-order valence-corrected chi connectivity index (χ1v) is 5.80. The zero-order valence-corrected chi connectivity index (χ0v) is 10.5. The molecule has 18 heavy (non-hydrogen) atoms. The van der Waals surface area contributed by atoms with Gasteiger partial charge in [0, 0.05) is 36.8 Å². The van der Waals surface area contributed by atoms with E-state index in [1.165, 1.54) is 6.07 Å². The average Bonchev–Trinajstić information content (AvgIpc) is 2.31. The van der Waals surface area contributed by atoms with E-state index in [0.717, 1.165) is 0 Å². The molecule has 1 aromatic carbocycles. The van der Waals surface area contributed by atoms with E-state index in [2.05, 4.69) is 10.6 Å². The van der Waals surface area contributed by atoms with E-state index in [4.69, 9.17) is 0 Å². The summed E-state index contributed by atoms with van der Waals surface area (Å²) in [4.78, 5) is 21.6. The first-order chi connectivity index (χ1) is 8.56. The number of nitro groups is 1. The molecule has 0 atom stereocenters. The molecule has 0 spiro atoms. The van der Waals surface area contributed by atoms with E-state index in [-0.39, 0.29) is 11.6 Å². The SMILES string of the molecule is CCNC(=O)CCNc1cccc([N+](=O)[O-])c1C. The van der Waals surface area contributed by atoms with Crippen molar-refractivity contribution in [1.29, 1.82) is 0 Å². The summed E-state index contributed by atoms with van der Waals surface area (Å²) in [6, 6.07) is 4.85. The van der Waals surface area contributed by atoms with Crippen LogP contribution in [-0.4, -0.2) is 23.9 Å². The number of carbonyl (C=O) groups excluding carboxylic acids is 1. The number of benzene rings is 1. The maximum Gasteiger partial charge on any atom is 0.274 e. The number of nitrogens with one attached hydrogen (secondary N) is 2. The Labute approximate surface area is 106 Å². The number of hydrogen-bond donors (Lipinski definition) is 2. The van der Waals surface area contributed by atoms with Gasteiger partial charge in [0.05, 0.1) is 4.92 Å². The minimum Gasteiger partial charge on any atom is -0.384 e. The van der Waals surface area contributed by atoms with Gasteiger partial charge in [-0.1, -0.05) is 6.07 Å². The van der Waals surface area contributed by atoms with E-state index in [0.29, 0.717) is 30.8 Å². The van der Waals surface area contributed by atoms with Gasteiger partial charge in [0.15, 0.2) is 0 Å². The van der Waals surface area contributed by atoms with Gasteiger partial charge in [-0.25, -0.2) is 0 Å². The molecule has 0 saturated heterocycles. The molecule has 6 heteroatoms. The second kappa shape index (κ2) is 6.58. The first kappa shape index (κ1) is 14.0. The van der Waals surface area contributed by atoms with Crippen molar-refractivity contribution in [3.63, 3.8) is 0 Å². The normalized spacial score (nSPS) is 9.89. The largest absolute Gasteiger partial charge is 0.384 e. The summed E-state index contributed by atoms with van der Waals surface area (Å²) in [5.74, 6) is -0.0342. The number of amides is 1. The van der Waals surface area contributed by atoms with Crippen molar-refractivity contribution in [2.24, 2.45) is 0 Å². The number of carbonyl (C=O) groups is 1. The van der Waals surface area contributed by atoms with Gasteiger partial charge in [-0.3, -0.25) is 14.9 Å². The van der Waals surface area contributed by atoms with Crippen LogP contribution < -0.4 is 10.6 Å². The molecular weight excluding hydrogens is 234 g/mol. The molecule has 1 rings (SSSR count). The van der Waals surface area contributed by atoms with Crippen molar-refractivity contribution < 1.29 is 9.72 Å². The molecule has 0 unspecified atom stereocenters. The molecule has 0 heterocycles. The van der Waals surface area contributed by atoms with Crippen LogP contribution in [0.15, 0.2) is 18.2 Å². The topological polar surface area (TPSA) is 84.3 Å². The summed E-state index contributed by atoms with van der Waals surface area (Å²) in [6.45, 7) is 4.60. The zero-order valence-electron chi connectivity index (χ0n) is 10.5. The summed E-state index contributed by atoms with van der Waals surface area (Å²) in [7, 11) is 0. The van der Waals surface area contributed by atoms with Crippen LogP contribution in [0.4, 0.5) is 11.4 Å². The fourth-order valence-corrected chi connectivity index (χ4v) is 1.61. The van der Waals surface area contributed by atoms with Gasteiger partial charge in [-0.2, -0.15) is 0 Å². The highest BCUT2D eigenvalue weighted by molar-refractivity contribution is 5.76. The third kappa shape index (κ3) is 3.73. The lowest BCUT2D eigenvalue weighted by molar-refractivity contribution is -0.385. The number of anilines is 1. The second-order valence-corrected chi connectivity index (χ2v) is 3.84. The average molecular weight is 251 g/mol. The highest BCUT2D eigenvalue weighted by Gasteiger charge is 2.12. The smallest absolute Gasteiger partial charge is 0.274 e. The van der Waals surface area contributed by atoms with Crippen LogP contribution in [-0.2, 0) is 4.79 Å². The van der Waals surface area contributed by atoms with Crippen molar-refractivity contribution in [1.82, 2.24) is 5.32 Å². The van der Waals surface area contributed by atoms with Crippen molar-refractivity contribution in [2.75, 3.05) is 18.4 Å². The molecule has 0 aliphatic rings. The summed E-state index contributed by atoms with van der Waals surface area (Å²) in [5, 5.41) is 16.5. The number of rotatable bonds is 6. The monoisotopic (exact) mass is 251 g/mol. The van der Waals surface area contributed by atoms with Crippen molar-refractivity contribution in [3.8, 4) is 0 Å². The van der Waals surface area contributed by atoms with Gasteiger partial charge in [0.1, 0.15) is 0 Å². The van der Waals surface area contributed by atoms with Crippen molar-refractivity contribution in [2.45, 2.75) is 20.3 Å². The minimum atomic E-state index is -0.412. The lowest BCUT2D eigenvalue weighted by atomic mass is 10.1. The van der Waals surface area contributed by atoms with E-state index in [1.54, 1.807) is 19.1 Å². The quantitative estimate of drug-likeness (QED) is 0.597. The Kier molecular flexibility index (Phi) is 5.10. The van der Waals surface area contributed by atoms with Crippen LogP contribution in [0, 0.1) is 17.0 Å². The molecule has 0 aliphatic heterocycles. The maximum absolute atomic E-state index is 11.2. The van der Waals surface area contributed by atoms with Crippen molar-refractivity contribution in [3.05, 3.63) is 33.9 Å². The Hall–Kier alpha value is -2.11. The lowest BCUT2D eigenvalue weighted by Crippen LogP contribution is -2.24. The zero-order chi connectivity index (χ0) is 13.5. The molecule has 0 radical (unpaired) electrons. The van der Waals surface area contributed by atoms with Gasteiger partial charge in [-0.15, -0.1) is 0 Å². The predicted octanol–water partition coefficient (Wildman–Crippen LogP) is 1.84. The molecule has 0 aliphatic carbocycles. The van der Waals surface area contributed by atoms with Gasteiger partial charge in [0.25, 0.3) is 5.69 Å². The molecule has 1 amide bonds. The summed E-state index contributed by atoms with van der Waals surface area (Å²) in [5.41, 5.74) is 1.35. The molecule has 0 aromatic heterocycles. The fourth-order valence-electron chi connectivity index (χ4n) is 1.61. The highest BCUT2D eigenvalue weighted by atomic mass is 16.6. The van der Waals surface area contributed by atoms with Crippen LogP contribution >= 0.6 is 0 Å². The van der Waals surface area contributed by atoms with E-state index in [1.807, 2.05) is 6.92 Å². The third-order valence-corrected chi connectivity index (χ3v) is 2.54. The van der Waals surface area contributed by atoms with Gasteiger partial charge in [-0.05, 0) is 19.9 Å². The minimum absolute atomic E-state index is 0.0342. The summed E-state index contributed by atoms with van der Waals surface area (Å²) < 4.78 is 0. The van der Waals surface area contributed by atoms with E-state index < -0.39 is 4.92 Å². The maximum atomic E-state index is 11.2. The van der Waals surface area contributed by atoms with Gasteiger partial charge in [0.2, 0.25) is 5.91 Å². The molecular formula is C12H17N3O3. The molecule has 0 fully saturated rings. The van der Waals surface area contributed by atoms with Crippen LogP contribution in [0.2, 0.25) is 0 Å². The Morgan fingerprint density at radius 3 is 2.78 bits per heavy atom. The van der Waals surface area contributed by atoms with Crippen LogP contribution in [0.3, 0.4) is 0 Å². The van der Waals surface area contributed by atoms with Gasteiger partial charge < -0.3 is 10.6 Å². The summed E-state index contributed by atoms with van der Waals surface area (Å²) >= 11 is 0. The standard InChI is InChI=1S/C12H17N3O3/c1-3-13-12(16)7-8-14-10-5-4-6-11(9(10)2)15(17)18/h4-6,14H,3,7-8H2,1-2H3,(H,13,16). The Bertz CT molecular complexity index is 446. The number of hydrogen-bond acceptors (Lipinski definition) is 4. The molecule has 98 valence electrons. The summed E-state index contributed by atoms with van der Waals surface area (Å²) in [6.07, 6.45) is 0.343. The Morgan fingerprint density at radius 2 is 2.17 bits per heavy atom. The fraction of sp³-hybridized carbons (Fsp3) is 0.417. The lowest BCUT2D eigenvalue weighted by Gasteiger charge is -2.09. The molecule has 2 N–H and O–H groups in total. The third-order valence-electron chi connectivity index (χ3n) is 2.54. The molecule has 0 saturated carbocycles. The predicted molar refractivity (Wildman–Crippen MR) is 69.6 cm³/mol. The molecule has 1 aromatic rings. The van der Waals surface area contributed by atoms with Crippen LogP contribution in [0.25, 0.3) is 0 Å². The Morgan fingerprint density at radius 1 is 1.44 bits per heavy atom. The highest BCUT2D eigenvalue weighted by Crippen LogP contribution is 2.24. The molecule has 0 bridgehead atoms. The number of nitro benzene ring substituents is 1. The molecule has 6 nitrogen and oxygen atoms in total. The Balaban J connectivity index is 2.60. The van der Waals surface area contributed by atoms with Crippen molar-refractivity contribution >= 4 is 17.3 Å². The van der Waals surface area contributed by atoms with Crippen LogP contribution in [0.5, 0.6) is 0 Å². The van der Waals surface area contributed by atoms with E-state index in [9.17, 15) is 14.9 Å². The van der Waals surface area contributed by atoms with E-state index >= 15 is 0 Å². The van der Waals surface area contributed by atoms with Crippen LogP contribution in [0.1, 0.15) is 18.9 Å². The first-order valence-electron chi connectivity index (χ1n) is 5.80. The second-order valence-electron chi connectivity index (χ2n) is 3.84.